The molecule has 1 unspecified atom stereocenters. The van der Waals surface area contributed by atoms with Gasteiger partial charge in [0, 0.05) is 17.3 Å². The fraction of sp³-hybridized carbons (Fsp3) is 0.267. The molecule has 0 amide bonds. The van der Waals surface area contributed by atoms with Crippen LogP contribution in [0.2, 0.25) is 0 Å². The van der Waals surface area contributed by atoms with Gasteiger partial charge in [-0.1, -0.05) is 24.3 Å². The number of hydrogen-bond donors (Lipinski definition) is 2. The van der Waals surface area contributed by atoms with E-state index < -0.39 is 17.9 Å². The van der Waals surface area contributed by atoms with E-state index in [4.69, 9.17) is 10.8 Å². The molecular weight excluding hydrogens is 288 g/mol. The Balaban J connectivity index is 2.46. The van der Waals surface area contributed by atoms with E-state index in [0.29, 0.717) is 11.1 Å². The van der Waals surface area contributed by atoms with Crippen LogP contribution in [0.1, 0.15) is 10.5 Å². The third-order valence-corrected chi connectivity index (χ3v) is 4.00. The minimum atomic E-state index is -1.23. The maximum Gasteiger partial charge on any atom is 0.321 e. The smallest absolute Gasteiger partial charge is 0.321 e. The second-order valence-electron chi connectivity index (χ2n) is 4.67. The van der Waals surface area contributed by atoms with E-state index in [1.807, 2.05) is 30.5 Å². The molecule has 5 nitrogen and oxygen atoms in total. The summed E-state index contributed by atoms with van der Waals surface area (Å²) in [7, 11) is 0. The number of ketones is 1. The van der Waals surface area contributed by atoms with Crippen molar-refractivity contribution in [2.75, 3.05) is 12.0 Å². The number of carboxylic acid groups (broad SMARTS) is 1. The number of thioether (sulfide) groups is 1. The van der Waals surface area contributed by atoms with Crippen LogP contribution in [0, 0.1) is 5.92 Å². The van der Waals surface area contributed by atoms with Gasteiger partial charge in [-0.05, 0) is 17.7 Å². The van der Waals surface area contributed by atoms with E-state index in [1.165, 1.54) is 11.8 Å². The zero-order valence-corrected chi connectivity index (χ0v) is 12.3. The van der Waals surface area contributed by atoms with Crippen LogP contribution in [0.15, 0.2) is 36.5 Å². The third kappa shape index (κ3) is 3.22. The molecule has 0 fully saturated rings. The highest BCUT2D eigenvalue weighted by Gasteiger charge is 2.32. The molecule has 6 heteroatoms. The lowest BCUT2D eigenvalue weighted by molar-refractivity contribution is -0.139. The highest BCUT2D eigenvalue weighted by Crippen LogP contribution is 2.22. The quantitative estimate of drug-likeness (QED) is 0.791. The number of nitrogens with two attached hydrogens (primary N) is 1. The summed E-state index contributed by atoms with van der Waals surface area (Å²) in [6.45, 7) is 0. The Morgan fingerprint density at radius 3 is 2.71 bits per heavy atom. The predicted molar refractivity (Wildman–Crippen MR) is 83.6 cm³/mol. The monoisotopic (exact) mass is 304 g/mol. The molecule has 0 aliphatic heterocycles. The van der Waals surface area contributed by atoms with Crippen LogP contribution in [0.5, 0.6) is 0 Å². The zero-order chi connectivity index (χ0) is 15.4. The molecule has 2 aromatic rings. The molecule has 0 aliphatic rings. The van der Waals surface area contributed by atoms with E-state index in [9.17, 15) is 9.59 Å². The first kappa shape index (κ1) is 15.5. The van der Waals surface area contributed by atoms with E-state index in [0.717, 1.165) is 5.39 Å². The van der Waals surface area contributed by atoms with Crippen molar-refractivity contribution in [2.24, 2.45) is 11.7 Å². The lowest BCUT2D eigenvalue weighted by Gasteiger charge is -2.18. The lowest BCUT2D eigenvalue weighted by Crippen LogP contribution is -2.43. The first-order chi connectivity index (χ1) is 10.1. The summed E-state index contributed by atoms with van der Waals surface area (Å²) in [5, 5.41) is 10.7. The Morgan fingerprint density at radius 2 is 2.05 bits per heavy atom. The van der Waals surface area contributed by atoms with Gasteiger partial charge in [0.25, 0.3) is 0 Å². The van der Waals surface area contributed by atoms with Crippen LogP contribution in [-0.2, 0) is 4.79 Å². The Kier molecular flexibility index (Phi) is 4.93. The van der Waals surface area contributed by atoms with Crippen LogP contribution in [0.25, 0.3) is 10.8 Å². The molecule has 0 aliphatic carbocycles. The van der Waals surface area contributed by atoms with Gasteiger partial charge in [0.15, 0.2) is 5.78 Å². The highest BCUT2D eigenvalue weighted by molar-refractivity contribution is 7.98. The summed E-state index contributed by atoms with van der Waals surface area (Å²) in [6.07, 6.45) is 3.36. The van der Waals surface area contributed by atoms with Crippen molar-refractivity contribution in [3.8, 4) is 0 Å². The Labute approximate surface area is 126 Å². The largest absolute Gasteiger partial charge is 0.480 e. The second-order valence-corrected chi connectivity index (χ2v) is 5.58. The molecule has 3 N–H and O–H groups in total. The number of nitrogens with zero attached hydrogens (tertiary/aromatic N) is 1. The maximum atomic E-state index is 12.7. The molecule has 1 heterocycles. The first-order valence-electron chi connectivity index (χ1n) is 6.41. The molecule has 2 atom stereocenters. The molecule has 1 aromatic heterocycles. The van der Waals surface area contributed by atoms with Crippen molar-refractivity contribution in [1.29, 1.82) is 0 Å². The minimum Gasteiger partial charge on any atom is -0.480 e. The van der Waals surface area contributed by atoms with Crippen LogP contribution >= 0.6 is 11.8 Å². The summed E-state index contributed by atoms with van der Waals surface area (Å²) >= 11 is 1.39. The van der Waals surface area contributed by atoms with Crippen molar-refractivity contribution < 1.29 is 14.7 Å². The van der Waals surface area contributed by atoms with Gasteiger partial charge in [-0.2, -0.15) is 11.8 Å². The van der Waals surface area contributed by atoms with Gasteiger partial charge < -0.3 is 10.8 Å². The number of fused-ring (bicyclic) bond motifs is 1. The highest BCUT2D eigenvalue weighted by atomic mass is 32.2. The average Bonchev–Trinajstić information content (AvgIpc) is 2.50. The number of carbonyl (C=O) groups excluding carboxylic acids is 1. The van der Waals surface area contributed by atoms with Gasteiger partial charge in [-0.15, -0.1) is 0 Å². The number of carboxylic acids is 1. The number of Topliss-reactive ketones (excluding diaryl/α,β-unsaturated/α-hetero) is 1. The zero-order valence-electron chi connectivity index (χ0n) is 11.5. The number of benzene rings is 1. The fourth-order valence-electron chi connectivity index (χ4n) is 2.19. The molecule has 2 rings (SSSR count). The summed E-state index contributed by atoms with van der Waals surface area (Å²) in [5.41, 5.74) is 5.95. The van der Waals surface area contributed by atoms with Gasteiger partial charge >= 0.3 is 5.97 Å². The SMILES string of the molecule is CSCC(C(=O)c1nccc2ccccc12)[C@H](N)C(=O)O. The van der Waals surface area contributed by atoms with Gasteiger partial charge in [0.2, 0.25) is 0 Å². The molecule has 0 saturated heterocycles. The lowest BCUT2D eigenvalue weighted by atomic mass is 9.93. The van der Waals surface area contributed by atoms with Crippen molar-refractivity contribution in [2.45, 2.75) is 6.04 Å². The summed E-state index contributed by atoms with van der Waals surface area (Å²) in [6, 6.07) is 7.96. The molecule has 110 valence electrons. The number of pyridine rings is 1. The van der Waals surface area contributed by atoms with Crippen molar-refractivity contribution in [3.05, 3.63) is 42.2 Å². The minimum absolute atomic E-state index is 0.281. The molecule has 0 saturated carbocycles. The number of aromatic nitrogens is 1. The van der Waals surface area contributed by atoms with E-state index in [2.05, 4.69) is 4.98 Å². The third-order valence-electron chi connectivity index (χ3n) is 3.31. The van der Waals surface area contributed by atoms with E-state index in [1.54, 1.807) is 12.3 Å². The van der Waals surface area contributed by atoms with E-state index >= 15 is 0 Å². The topological polar surface area (TPSA) is 93.3 Å². The second kappa shape index (κ2) is 6.69. The summed E-state index contributed by atoms with van der Waals surface area (Å²) < 4.78 is 0. The standard InChI is InChI=1S/C15H16N2O3S/c1-21-8-11(12(16)15(19)20)14(18)13-10-5-3-2-4-9(10)6-7-17-13/h2-7,11-12H,8,16H2,1H3,(H,19,20)/t11?,12-/m0/s1. The normalized spacial score (nSPS) is 13.8. The van der Waals surface area contributed by atoms with Crippen LogP contribution in [0.4, 0.5) is 0 Å². The molecule has 1 aromatic carbocycles. The van der Waals surface area contributed by atoms with Gasteiger partial charge in [0.1, 0.15) is 11.7 Å². The molecule has 21 heavy (non-hydrogen) atoms. The molecule has 0 spiro atoms. The van der Waals surface area contributed by atoms with Crippen molar-refractivity contribution >= 4 is 34.3 Å². The van der Waals surface area contributed by atoms with Crippen molar-refractivity contribution in [1.82, 2.24) is 4.98 Å². The van der Waals surface area contributed by atoms with E-state index in [-0.39, 0.29) is 11.5 Å². The fourth-order valence-corrected chi connectivity index (χ4v) is 2.90. The van der Waals surface area contributed by atoms with Crippen LogP contribution < -0.4 is 5.73 Å². The number of rotatable bonds is 6. The van der Waals surface area contributed by atoms with Gasteiger partial charge in [-0.25, -0.2) is 0 Å². The maximum absolute atomic E-state index is 12.7. The Hall–Kier alpha value is -1.92. The number of hydrogen-bond acceptors (Lipinski definition) is 5. The molecular formula is C15H16N2O3S. The van der Waals surface area contributed by atoms with Gasteiger partial charge in [-0.3, -0.25) is 14.6 Å². The van der Waals surface area contributed by atoms with Crippen LogP contribution in [0.3, 0.4) is 0 Å². The molecule has 0 radical (unpaired) electrons. The number of carbonyl (C=O) groups is 2. The Bertz CT molecular complexity index is 670. The Morgan fingerprint density at radius 1 is 1.33 bits per heavy atom. The van der Waals surface area contributed by atoms with Crippen molar-refractivity contribution in [3.63, 3.8) is 0 Å². The summed E-state index contributed by atoms with van der Waals surface area (Å²) in [4.78, 5) is 27.9. The molecule has 0 bridgehead atoms. The summed E-state index contributed by atoms with van der Waals surface area (Å²) in [5.74, 6) is -1.95. The van der Waals surface area contributed by atoms with Crippen LogP contribution in [-0.4, -0.2) is 39.9 Å². The van der Waals surface area contributed by atoms with Gasteiger partial charge in [0.05, 0.1) is 5.92 Å². The number of aliphatic carboxylic acids is 1. The predicted octanol–water partition coefficient (Wildman–Crippen LogP) is 1.81. The average molecular weight is 304 g/mol. The first-order valence-corrected chi connectivity index (χ1v) is 7.81.